The lowest BCUT2D eigenvalue weighted by Crippen LogP contribution is -2.02. The number of fused-ring (bicyclic) bond motifs is 1. The second-order valence-electron chi connectivity index (χ2n) is 4.66. The van der Waals surface area contributed by atoms with Crippen LogP contribution in [-0.2, 0) is 13.0 Å². The zero-order chi connectivity index (χ0) is 13.2. The van der Waals surface area contributed by atoms with Crippen LogP contribution in [0.15, 0.2) is 42.7 Å². The molecule has 0 aliphatic rings. The van der Waals surface area contributed by atoms with Gasteiger partial charge in [-0.25, -0.2) is 0 Å². The van der Waals surface area contributed by atoms with Crippen molar-refractivity contribution in [3.05, 3.63) is 58.6 Å². The average molecular weight is 269 g/mol. The van der Waals surface area contributed by atoms with E-state index in [0.29, 0.717) is 0 Å². The van der Waals surface area contributed by atoms with Crippen molar-refractivity contribution in [1.82, 2.24) is 14.5 Å². The van der Waals surface area contributed by atoms with Crippen molar-refractivity contribution < 1.29 is 0 Å². The van der Waals surface area contributed by atoms with Gasteiger partial charge in [0.15, 0.2) is 4.77 Å². The van der Waals surface area contributed by atoms with E-state index in [1.165, 1.54) is 16.6 Å². The van der Waals surface area contributed by atoms with Crippen molar-refractivity contribution >= 4 is 23.3 Å². The van der Waals surface area contributed by atoms with Gasteiger partial charge in [0.1, 0.15) is 0 Å². The van der Waals surface area contributed by atoms with E-state index in [9.17, 15) is 0 Å². The Hall–Kier alpha value is -1.94. The maximum absolute atomic E-state index is 5.42. The normalized spacial score (nSPS) is 11.0. The molecule has 0 spiro atoms. The van der Waals surface area contributed by atoms with E-state index in [1.807, 2.05) is 24.5 Å². The quantitative estimate of drug-likeness (QED) is 0.736. The molecule has 0 atom stereocenters. The predicted molar refractivity (Wildman–Crippen MR) is 79.8 cm³/mol. The summed E-state index contributed by atoms with van der Waals surface area (Å²) in [6.07, 6.45) is 4.61. The summed E-state index contributed by atoms with van der Waals surface area (Å²) in [5.74, 6) is 0. The molecular weight excluding hydrogens is 254 g/mol. The molecule has 0 aliphatic heterocycles. The van der Waals surface area contributed by atoms with Crippen LogP contribution in [0.4, 0.5) is 0 Å². The summed E-state index contributed by atoms with van der Waals surface area (Å²) in [4.78, 5) is 7.31. The highest BCUT2D eigenvalue weighted by Crippen LogP contribution is 2.18. The van der Waals surface area contributed by atoms with Crippen LogP contribution >= 0.6 is 12.2 Å². The van der Waals surface area contributed by atoms with Gasteiger partial charge in [-0.2, -0.15) is 0 Å². The summed E-state index contributed by atoms with van der Waals surface area (Å²) < 4.78 is 2.97. The Bertz CT molecular complexity index is 756. The molecule has 3 rings (SSSR count). The molecule has 19 heavy (non-hydrogen) atoms. The highest BCUT2D eigenvalue weighted by Gasteiger charge is 2.06. The summed E-state index contributed by atoms with van der Waals surface area (Å²) in [7, 11) is 0. The number of benzene rings is 1. The first kappa shape index (κ1) is 12.1. The zero-order valence-electron chi connectivity index (χ0n) is 10.8. The molecule has 2 heterocycles. The monoisotopic (exact) mass is 269 g/mol. The average Bonchev–Trinajstić information content (AvgIpc) is 2.75. The minimum absolute atomic E-state index is 0.790. The number of hydrogen-bond acceptors (Lipinski definition) is 2. The predicted octanol–water partition coefficient (Wildman–Crippen LogP) is 3.65. The Balaban J connectivity index is 1.97. The molecule has 3 aromatic rings. The SMILES string of the molecule is Cc1cccc2[nH]c(=S)n(CCc3ccncc3)c12. The number of H-pyrrole nitrogens is 1. The molecule has 0 unspecified atom stereocenters. The molecule has 0 bridgehead atoms. The first-order valence-electron chi connectivity index (χ1n) is 6.33. The molecule has 1 aromatic carbocycles. The number of pyridine rings is 1. The molecule has 0 fully saturated rings. The fourth-order valence-electron chi connectivity index (χ4n) is 2.41. The highest BCUT2D eigenvalue weighted by atomic mass is 32.1. The Morgan fingerprint density at radius 2 is 2.00 bits per heavy atom. The van der Waals surface area contributed by atoms with E-state index >= 15 is 0 Å². The Labute approximate surface area is 116 Å². The molecule has 4 heteroatoms. The number of nitrogens with zero attached hydrogens (tertiary/aromatic N) is 2. The van der Waals surface area contributed by atoms with Gasteiger partial charge in [0, 0.05) is 18.9 Å². The largest absolute Gasteiger partial charge is 0.331 e. The lowest BCUT2D eigenvalue weighted by Gasteiger charge is -2.06. The topological polar surface area (TPSA) is 33.6 Å². The van der Waals surface area contributed by atoms with E-state index in [0.717, 1.165) is 23.3 Å². The van der Waals surface area contributed by atoms with Crippen LogP contribution < -0.4 is 0 Å². The highest BCUT2D eigenvalue weighted by molar-refractivity contribution is 7.71. The van der Waals surface area contributed by atoms with Crippen molar-refractivity contribution in [2.75, 3.05) is 0 Å². The second-order valence-corrected chi connectivity index (χ2v) is 5.05. The van der Waals surface area contributed by atoms with E-state index in [1.54, 1.807) is 0 Å². The van der Waals surface area contributed by atoms with Gasteiger partial charge in [-0.1, -0.05) is 12.1 Å². The molecule has 2 aromatic heterocycles. The maximum Gasteiger partial charge on any atom is 0.178 e. The summed E-state index contributed by atoms with van der Waals surface area (Å²) in [5, 5.41) is 0. The van der Waals surface area contributed by atoms with Gasteiger partial charge in [0.05, 0.1) is 11.0 Å². The van der Waals surface area contributed by atoms with E-state index < -0.39 is 0 Å². The first-order valence-corrected chi connectivity index (χ1v) is 6.73. The van der Waals surface area contributed by atoms with Crippen LogP contribution in [0.3, 0.4) is 0 Å². The molecule has 0 aliphatic carbocycles. The number of imidazole rings is 1. The number of aromatic amines is 1. The van der Waals surface area contributed by atoms with Gasteiger partial charge < -0.3 is 9.55 Å². The number of rotatable bonds is 3. The third-order valence-electron chi connectivity index (χ3n) is 3.37. The minimum Gasteiger partial charge on any atom is -0.331 e. The van der Waals surface area contributed by atoms with Gasteiger partial charge in [0.2, 0.25) is 0 Å². The third-order valence-corrected chi connectivity index (χ3v) is 3.69. The van der Waals surface area contributed by atoms with Crippen LogP contribution in [0.2, 0.25) is 0 Å². The van der Waals surface area contributed by atoms with Gasteiger partial charge in [-0.05, 0) is 54.9 Å². The van der Waals surface area contributed by atoms with Gasteiger partial charge in [-0.15, -0.1) is 0 Å². The fourth-order valence-corrected chi connectivity index (χ4v) is 2.70. The van der Waals surface area contributed by atoms with Gasteiger partial charge in [0.25, 0.3) is 0 Å². The smallest absolute Gasteiger partial charge is 0.178 e. The van der Waals surface area contributed by atoms with Crippen LogP contribution in [0.1, 0.15) is 11.1 Å². The number of nitrogens with one attached hydrogen (secondary N) is 1. The maximum atomic E-state index is 5.42. The third kappa shape index (κ3) is 2.31. The van der Waals surface area contributed by atoms with Crippen LogP contribution in [0, 0.1) is 11.7 Å². The lowest BCUT2D eigenvalue weighted by molar-refractivity contribution is 0.704. The zero-order valence-corrected chi connectivity index (χ0v) is 11.6. The molecular formula is C15H15N3S. The standard InChI is InChI=1S/C15H15N3S/c1-11-3-2-4-13-14(11)18(15(19)17-13)10-7-12-5-8-16-9-6-12/h2-6,8-9H,7,10H2,1H3,(H,17,19). The van der Waals surface area contributed by atoms with E-state index in [-0.39, 0.29) is 0 Å². The number of aryl methyl sites for hydroxylation is 3. The van der Waals surface area contributed by atoms with Crippen molar-refractivity contribution in [1.29, 1.82) is 0 Å². The number of hydrogen-bond donors (Lipinski definition) is 1. The van der Waals surface area contributed by atoms with Crippen molar-refractivity contribution in [3.63, 3.8) is 0 Å². The lowest BCUT2D eigenvalue weighted by atomic mass is 10.2. The minimum atomic E-state index is 0.790. The van der Waals surface area contributed by atoms with Crippen molar-refractivity contribution in [2.45, 2.75) is 19.9 Å². The summed E-state index contributed by atoms with van der Waals surface area (Å²) in [6, 6.07) is 10.3. The molecule has 0 saturated heterocycles. The number of para-hydroxylation sites is 1. The second kappa shape index (κ2) is 4.97. The fraction of sp³-hybridized carbons (Fsp3) is 0.200. The van der Waals surface area contributed by atoms with Crippen molar-refractivity contribution in [2.24, 2.45) is 0 Å². The van der Waals surface area contributed by atoms with E-state index in [2.05, 4.69) is 39.7 Å². The molecule has 0 amide bonds. The van der Waals surface area contributed by atoms with Crippen molar-refractivity contribution in [3.8, 4) is 0 Å². The molecule has 1 N–H and O–H groups in total. The molecule has 0 saturated carbocycles. The molecule has 0 radical (unpaired) electrons. The van der Waals surface area contributed by atoms with Crippen LogP contribution in [0.5, 0.6) is 0 Å². The Kier molecular flexibility index (Phi) is 3.17. The summed E-state index contributed by atoms with van der Waals surface area (Å²) in [5.41, 5.74) is 4.85. The van der Waals surface area contributed by atoms with Gasteiger partial charge in [-0.3, -0.25) is 4.98 Å². The van der Waals surface area contributed by atoms with Crippen LogP contribution in [-0.4, -0.2) is 14.5 Å². The summed E-state index contributed by atoms with van der Waals surface area (Å²) >= 11 is 5.42. The molecule has 3 nitrogen and oxygen atoms in total. The Morgan fingerprint density at radius 1 is 1.21 bits per heavy atom. The number of aromatic nitrogens is 3. The van der Waals surface area contributed by atoms with E-state index in [4.69, 9.17) is 12.2 Å². The summed E-state index contributed by atoms with van der Waals surface area (Å²) in [6.45, 7) is 3.00. The first-order chi connectivity index (χ1) is 9.25. The molecule has 96 valence electrons. The van der Waals surface area contributed by atoms with Gasteiger partial charge >= 0.3 is 0 Å². The van der Waals surface area contributed by atoms with Crippen LogP contribution in [0.25, 0.3) is 11.0 Å². The Morgan fingerprint density at radius 3 is 2.79 bits per heavy atom.